The maximum absolute atomic E-state index is 12.8. The van der Waals surface area contributed by atoms with Gasteiger partial charge in [-0.2, -0.15) is 0 Å². The summed E-state index contributed by atoms with van der Waals surface area (Å²) in [6.45, 7) is 6.50. The number of allylic oxidation sites excluding steroid dienone is 16. The number of hydrogen-bond acceptors (Lipinski definition) is 6. The maximum atomic E-state index is 12.8. The van der Waals surface area contributed by atoms with E-state index >= 15 is 0 Å². The average molecular weight is 1000 g/mol. The second-order valence-electron chi connectivity index (χ2n) is 19.9. The lowest BCUT2D eigenvalue weighted by molar-refractivity contribution is -0.167. The van der Waals surface area contributed by atoms with Crippen LogP contribution in [0.25, 0.3) is 0 Å². The molecule has 0 N–H and O–H groups in total. The van der Waals surface area contributed by atoms with E-state index in [2.05, 4.69) is 118 Å². The van der Waals surface area contributed by atoms with E-state index in [1.54, 1.807) is 0 Å². The van der Waals surface area contributed by atoms with Crippen molar-refractivity contribution in [1.29, 1.82) is 0 Å². The van der Waals surface area contributed by atoms with Crippen LogP contribution < -0.4 is 0 Å². The third-order valence-electron chi connectivity index (χ3n) is 12.9. The van der Waals surface area contributed by atoms with Crippen molar-refractivity contribution in [1.82, 2.24) is 0 Å². The molecule has 0 aliphatic carbocycles. The molecule has 412 valence electrons. The van der Waals surface area contributed by atoms with Gasteiger partial charge < -0.3 is 14.2 Å². The lowest BCUT2D eigenvalue weighted by atomic mass is 10.1. The fourth-order valence-corrected chi connectivity index (χ4v) is 8.34. The molecular weight excluding hydrogens is 889 g/mol. The molecule has 0 amide bonds. The Balaban J connectivity index is 4.06. The molecular formula is C66H112O6. The Hall–Kier alpha value is -3.67. The van der Waals surface area contributed by atoms with E-state index < -0.39 is 6.10 Å². The lowest BCUT2D eigenvalue weighted by Gasteiger charge is -2.18. The second-order valence-corrected chi connectivity index (χ2v) is 19.9. The predicted molar refractivity (Wildman–Crippen MR) is 311 cm³/mol. The van der Waals surface area contributed by atoms with Gasteiger partial charge in [-0.25, -0.2) is 0 Å². The van der Waals surface area contributed by atoms with Crippen molar-refractivity contribution in [3.63, 3.8) is 0 Å². The van der Waals surface area contributed by atoms with Crippen LogP contribution in [0.1, 0.15) is 284 Å². The molecule has 1 atom stereocenters. The standard InChI is InChI=1S/C66H112O6/c1-4-7-10-13-16-19-21-22-23-24-25-26-27-28-29-30-31-32-33-34-35-36-37-38-39-40-41-42-43-44-45-48-50-53-56-59-65(68)71-62-63(61-70-64(67)58-55-52-49-46-18-15-12-9-6-3)72-66(69)60-57-54-51-47-20-17-14-11-8-5-2/h7,10,16,19,22-23,25-26,28-29,31-32,34-35,37-38,63H,4-6,8-9,11-15,17-18,20-21,24,27,30,33,36,39-62H2,1-3H3/b10-7-,19-16-,23-22-,26-25-,29-28-,32-31-,35-34-,38-37-. The zero-order chi connectivity index (χ0) is 52.2. The summed E-state index contributed by atoms with van der Waals surface area (Å²) in [6, 6.07) is 0. The van der Waals surface area contributed by atoms with Gasteiger partial charge in [0, 0.05) is 19.3 Å². The van der Waals surface area contributed by atoms with Gasteiger partial charge >= 0.3 is 17.9 Å². The number of unbranched alkanes of at least 4 members (excludes halogenated alkanes) is 27. The van der Waals surface area contributed by atoms with E-state index in [0.717, 1.165) is 109 Å². The van der Waals surface area contributed by atoms with Gasteiger partial charge in [-0.15, -0.1) is 0 Å². The Kier molecular flexibility index (Phi) is 56.8. The minimum atomic E-state index is -0.772. The maximum Gasteiger partial charge on any atom is 0.306 e. The zero-order valence-electron chi connectivity index (χ0n) is 47.2. The topological polar surface area (TPSA) is 78.9 Å². The highest BCUT2D eigenvalue weighted by molar-refractivity contribution is 5.71. The molecule has 6 nitrogen and oxygen atoms in total. The van der Waals surface area contributed by atoms with Crippen molar-refractivity contribution in [2.75, 3.05) is 13.2 Å². The normalized spacial score (nSPS) is 12.8. The molecule has 6 heteroatoms. The van der Waals surface area contributed by atoms with Crippen molar-refractivity contribution >= 4 is 17.9 Å². The first-order valence-electron chi connectivity index (χ1n) is 30.2. The first-order chi connectivity index (χ1) is 35.5. The van der Waals surface area contributed by atoms with Crippen LogP contribution in [0, 0.1) is 0 Å². The first-order valence-corrected chi connectivity index (χ1v) is 30.2. The molecule has 0 saturated carbocycles. The third-order valence-corrected chi connectivity index (χ3v) is 12.9. The molecule has 0 aromatic rings. The van der Waals surface area contributed by atoms with Gasteiger partial charge in [0.1, 0.15) is 13.2 Å². The van der Waals surface area contributed by atoms with E-state index in [1.807, 2.05) is 0 Å². The van der Waals surface area contributed by atoms with Crippen LogP contribution in [0.15, 0.2) is 97.2 Å². The highest BCUT2D eigenvalue weighted by Gasteiger charge is 2.19. The van der Waals surface area contributed by atoms with E-state index in [9.17, 15) is 14.4 Å². The monoisotopic (exact) mass is 1000 g/mol. The summed E-state index contributed by atoms with van der Waals surface area (Å²) in [5.41, 5.74) is 0. The van der Waals surface area contributed by atoms with Crippen molar-refractivity contribution in [3.05, 3.63) is 97.2 Å². The predicted octanol–water partition coefficient (Wildman–Crippen LogP) is 20.5. The highest BCUT2D eigenvalue weighted by Crippen LogP contribution is 2.16. The molecule has 1 unspecified atom stereocenters. The van der Waals surface area contributed by atoms with Gasteiger partial charge in [0.2, 0.25) is 0 Å². The largest absolute Gasteiger partial charge is 0.462 e. The molecule has 0 aliphatic heterocycles. The van der Waals surface area contributed by atoms with Crippen molar-refractivity contribution in [2.24, 2.45) is 0 Å². The summed E-state index contributed by atoms with van der Waals surface area (Å²) < 4.78 is 16.8. The van der Waals surface area contributed by atoms with Crippen LogP contribution in [-0.2, 0) is 28.6 Å². The van der Waals surface area contributed by atoms with Gasteiger partial charge in [0.15, 0.2) is 6.10 Å². The summed E-state index contributed by atoms with van der Waals surface area (Å²) in [7, 11) is 0. The first kappa shape index (κ1) is 68.3. The SMILES string of the molecule is CC/C=C\C/C=C\C/C=C\C/C=C\C/C=C\C/C=C\C/C=C\C/C=C\CCCCCCCCCCCCC(=O)OCC(COC(=O)CCCCCCCCCCC)OC(=O)CCCCCCCCCCCC. The Labute approximate surface area is 445 Å². The van der Waals surface area contributed by atoms with Gasteiger partial charge in [-0.05, 0) is 83.5 Å². The molecule has 0 spiro atoms. The Morgan fingerprint density at radius 1 is 0.292 bits per heavy atom. The molecule has 0 saturated heterocycles. The van der Waals surface area contributed by atoms with E-state index in [0.29, 0.717) is 19.3 Å². The molecule has 0 aliphatic rings. The van der Waals surface area contributed by atoms with Gasteiger partial charge in [0.25, 0.3) is 0 Å². The third kappa shape index (κ3) is 57.2. The van der Waals surface area contributed by atoms with Crippen molar-refractivity contribution in [3.8, 4) is 0 Å². The Morgan fingerprint density at radius 2 is 0.542 bits per heavy atom. The molecule has 0 heterocycles. The molecule has 0 aromatic carbocycles. The molecule has 0 rings (SSSR count). The fraction of sp³-hybridized carbons (Fsp3) is 0.712. The fourth-order valence-electron chi connectivity index (χ4n) is 8.34. The number of carbonyl (C=O) groups excluding carboxylic acids is 3. The van der Waals surface area contributed by atoms with Gasteiger partial charge in [-0.3, -0.25) is 14.4 Å². The molecule has 0 aromatic heterocycles. The van der Waals surface area contributed by atoms with Crippen LogP contribution in [-0.4, -0.2) is 37.2 Å². The summed E-state index contributed by atoms with van der Waals surface area (Å²) >= 11 is 0. The number of ether oxygens (including phenoxy) is 3. The summed E-state index contributed by atoms with van der Waals surface area (Å²) in [6.07, 6.45) is 80.0. The number of rotatable bonds is 54. The number of carbonyl (C=O) groups is 3. The van der Waals surface area contributed by atoms with Crippen LogP contribution in [0.5, 0.6) is 0 Å². The average Bonchev–Trinajstić information content (AvgIpc) is 3.38. The van der Waals surface area contributed by atoms with Gasteiger partial charge in [0.05, 0.1) is 0 Å². The minimum Gasteiger partial charge on any atom is -0.462 e. The Bertz CT molecular complexity index is 1430. The van der Waals surface area contributed by atoms with E-state index in [-0.39, 0.29) is 31.1 Å². The highest BCUT2D eigenvalue weighted by atomic mass is 16.6. The summed E-state index contributed by atoms with van der Waals surface area (Å²) in [4.78, 5) is 37.9. The van der Waals surface area contributed by atoms with Crippen LogP contribution in [0.3, 0.4) is 0 Å². The molecule has 72 heavy (non-hydrogen) atoms. The minimum absolute atomic E-state index is 0.0739. The van der Waals surface area contributed by atoms with Crippen molar-refractivity contribution in [2.45, 2.75) is 290 Å². The smallest absolute Gasteiger partial charge is 0.306 e. The number of hydrogen-bond donors (Lipinski definition) is 0. The summed E-state index contributed by atoms with van der Waals surface area (Å²) in [5, 5.41) is 0. The van der Waals surface area contributed by atoms with E-state index in [4.69, 9.17) is 14.2 Å². The van der Waals surface area contributed by atoms with Crippen molar-refractivity contribution < 1.29 is 28.6 Å². The van der Waals surface area contributed by atoms with E-state index in [1.165, 1.54) is 135 Å². The quantitative estimate of drug-likeness (QED) is 0.0261. The van der Waals surface area contributed by atoms with Crippen LogP contribution in [0.2, 0.25) is 0 Å². The lowest BCUT2D eigenvalue weighted by Crippen LogP contribution is -2.30. The van der Waals surface area contributed by atoms with Crippen LogP contribution in [0.4, 0.5) is 0 Å². The Morgan fingerprint density at radius 3 is 0.847 bits per heavy atom. The number of esters is 3. The molecule has 0 fully saturated rings. The second kappa shape index (κ2) is 59.9. The summed E-state index contributed by atoms with van der Waals surface area (Å²) in [5.74, 6) is -0.878. The zero-order valence-corrected chi connectivity index (χ0v) is 47.2. The molecule has 0 bridgehead atoms. The van der Waals surface area contributed by atoms with Crippen LogP contribution >= 0.6 is 0 Å². The molecule has 0 radical (unpaired) electrons. The van der Waals surface area contributed by atoms with Gasteiger partial charge in [-0.1, -0.05) is 279 Å².